The highest BCUT2D eigenvalue weighted by Crippen LogP contribution is 2.32. The number of hydrogen-bond acceptors (Lipinski definition) is 2. The molecule has 0 heterocycles. The second kappa shape index (κ2) is 6.76. The molecule has 0 amide bonds. The van der Waals surface area contributed by atoms with Crippen LogP contribution in [-0.4, -0.2) is 11.1 Å². The van der Waals surface area contributed by atoms with Crippen LogP contribution in [0.1, 0.15) is 5.56 Å². The summed E-state index contributed by atoms with van der Waals surface area (Å²) < 4.78 is 2.08. The van der Waals surface area contributed by atoms with Crippen molar-refractivity contribution in [3.05, 3.63) is 56.1 Å². The van der Waals surface area contributed by atoms with Gasteiger partial charge in [-0.05, 0) is 70.6 Å². The number of hydrogen-bond donors (Lipinski definition) is 1. The van der Waals surface area contributed by atoms with Crippen molar-refractivity contribution in [1.29, 1.82) is 0 Å². The van der Waals surface area contributed by atoms with Gasteiger partial charge >= 0.3 is 5.97 Å². The zero-order chi connectivity index (χ0) is 13.8. The van der Waals surface area contributed by atoms with Gasteiger partial charge < -0.3 is 5.11 Å². The van der Waals surface area contributed by atoms with E-state index in [4.69, 9.17) is 5.11 Å². The Balaban J connectivity index is 2.28. The number of aliphatic carboxylic acids is 1. The van der Waals surface area contributed by atoms with E-state index in [0.29, 0.717) is 0 Å². The maximum atomic E-state index is 10.9. The molecule has 0 aliphatic carbocycles. The maximum Gasteiger partial charge on any atom is 0.307 e. The van der Waals surface area contributed by atoms with Gasteiger partial charge in [0.2, 0.25) is 0 Å². The summed E-state index contributed by atoms with van der Waals surface area (Å²) in [4.78, 5) is 13.0. The molecule has 0 bridgehead atoms. The van der Waals surface area contributed by atoms with Crippen molar-refractivity contribution in [3.8, 4) is 0 Å². The molecule has 0 aliphatic rings. The minimum absolute atomic E-state index is 0.0513. The Morgan fingerprint density at radius 3 is 2.53 bits per heavy atom. The van der Waals surface area contributed by atoms with Crippen molar-refractivity contribution in [2.75, 3.05) is 0 Å². The Hall–Kier alpha value is -0.530. The lowest BCUT2D eigenvalue weighted by Crippen LogP contribution is -2.01. The molecule has 0 aliphatic heterocycles. The molecular formula is C14H10BrIO2S. The second-order valence-corrected chi connectivity index (χ2v) is 7.16. The summed E-state index contributed by atoms with van der Waals surface area (Å²) in [5.41, 5.74) is 0.854. The zero-order valence-electron chi connectivity index (χ0n) is 9.77. The average Bonchev–Trinajstić information content (AvgIpc) is 2.34. The predicted molar refractivity (Wildman–Crippen MR) is 88.8 cm³/mol. The summed E-state index contributed by atoms with van der Waals surface area (Å²) in [6, 6.07) is 13.9. The van der Waals surface area contributed by atoms with E-state index in [1.54, 1.807) is 11.8 Å². The van der Waals surface area contributed by atoms with Gasteiger partial charge in [-0.2, -0.15) is 0 Å². The minimum Gasteiger partial charge on any atom is -0.481 e. The van der Waals surface area contributed by atoms with Crippen LogP contribution in [0, 0.1) is 3.57 Å². The van der Waals surface area contributed by atoms with Crippen LogP contribution in [0.25, 0.3) is 0 Å². The predicted octanol–water partition coefficient (Wildman–Crippen LogP) is 4.83. The van der Waals surface area contributed by atoms with E-state index in [1.807, 2.05) is 42.5 Å². The first-order valence-electron chi connectivity index (χ1n) is 5.48. The summed E-state index contributed by atoms with van der Waals surface area (Å²) in [6.45, 7) is 0. The molecule has 2 aromatic rings. The van der Waals surface area contributed by atoms with E-state index in [1.165, 1.54) is 0 Å². The number of carboxylic acid groups (broad SMARTS) is 1. The van der Waals surface area contributed by atoms with E-state index in [-0.39, 0.29) is 6.42 Å². The van der Waals surface area contributed by atoms with Gasteiger partial charge in [0, 0.05) is 17.8 Å². The number of carboxylic acids is 1. The molecule has 1 N–H and O–H groups in total. The lowest BCUT2D eigenvalue weighted by molar-refractivity contribution is -0.136. The monoisotopic (exact) mass is 448 g/mol. The number of carbonyl (C=O) groups is 1. The lowest BCUT2D eigenvalue weighted by Gasteiger charge is -2.08. The molecule has 5 heteroatoms. The lowest BCUT2D eigenvalue weighted by atomic mass is 10.1. The van der Waals surface area contributed by atoms with Crippen molar-refractivity contribution < 1.29 is 9.90 Å². The smallest absolute Gasteiger partial charge is 0.307 e. The summed E-state index contributed by atoms with van der Waals surface area (Å²) in [5, 5.41) is 8.97. The summed E-state index contributed by atoms with van der Waals surface area (Å²) in [7, 11) is 0. The van der Waals surface area contributed by atoms with Crippen molar-refractivity contribution >= 4 is 56.3 Å². The molecular weight excluding hydrogens is 439 g/mol. The molecule has 0 saturated carbocycles. The Morgan fingerprint density at radius 1 is 1.21 bits per heavy atom. The van der Waals surface area contributed by atoms with E-state index in [2.05, 4.69) is 38.5 Å². The molecule has 0 aromatic heterocycles. The van der Waals surface area contributed by atoms with Gasteiger partial charge in [0.05, 0.1) is 6.42 Å². The molecule has 2 rings (SSSR count). The fraction of sp³-hybridized carbons (Fsp3) is 0.0714. The van der Waals surface area contributed by atoms with Gasteiger partial charge in [-0.25, -0.2) is 0 Å². The van der Waals surface area contributed by atoms with Crippen LogP contribution in [0.15, 0.2) is 56.7 Å². The molecule has 0 fully saturated rings. The minimum atomic E-state index is -0.806. The third-order valence-electron chi connectivity index (χ3n) is 2.41. The molecule has 0 radical (unpaired) electrons. The number of rotatable bonds is 4. The van der Waals surface area contributed by atoms with Gasteiger partial charge in [-0.15, -0.1) is 0 Å². The van der Waals surface area contributed by atoms with Crippen LogP contribution in [-0.2, 0) is 11.2 Å². The Morgan fingerprint density at radius 2 is 1.89 bits per heavy atom. The van der Waals surface area contributed by atoms with E-state index < -0.39 is 5.97 Å². The summed E-state index contributed by atoms with van der Waals surface area (Å²) >= 11 is 7.18. The first kappa shape index (κ1) is 14.9. The van der Waals surface area contributed by atoms with Crippen LogP contribution >= 0.6 is 50.3 Å². The molecule has 0 saturated heterocycles. The van der Waals surface area contributed by atoms with Crippen molar-refractivity contribution in [3.63, 3.8) is 0 Å². The fourth-order valence-electron chi connectivity index (χ4n) is 1.58. The average molecular weight is 449 g/mol. The first-order valence-corrected chi connectivity index (χ1v) is 8.17. The third kappa shape index (κ3) is 4.50. The van der Waals surface area contributed by atoms with Crippen LogP contribution in [0.5, 0.6) is 0 Å². The maximum absolute atomic E-state index is 10.9. The third-order valence-corrected chi connectivity index (χ3v) is 4.73. The molecule has 19 heavy (non-hydrogen) atoms. The summed E-state index contributed by atoms with van der Waals surface area (Å²) in [6.07, 6.45) is 0.0513. The van der Waals surface area contributed by atoms with E-state index in [9.17, 15) is 4.79 Å². The van der Waals surface area contributed by atoms with Gasteiger partial charge in [0.15, 0.2) is 0 Å². The van der Waals surface area contributed by atoms with Gasteiger partial charge in [0.1, 0.15) is 0 Å². The quantitative estimate of drug-likeness (QED) is 0.680. The van der Waals surface area contributed by atoms with Crippen LogP contribution in [0.4, 0.5) is 0 Å². The fourth-order valence-corrected chi connectivity index (χ4v) is 3.32. The second-order valence-electron chi connectivity index (χ2n) is 3.88. The molecule has 2 nitrogen and oxygen atoms in total. The molecule has 0 spiro atoms. The van der Waals surface area contributed by atoms with E-state index >= 15 is 0 Å². The highest BCUT2D eigenvalue weighted by atomic mass is 127. The summed E-state index contributed by atoms with van der Waals surface area (Å²) in [5.74, 6) is -0.806. The normalized spacial score (nSPS) is 10.4. The van der Waals surface area contributed by atoms with Crippen LogP contribution in [0.3, 0.4) is 0 Å². The first-order chi connectivity index (χ1) is 9.04. The van der Waals surface area contributed by atoms with Crippen LogP contribution < -0.4 is 0 Å². The zero-order valence-corrected chi connectivity index (χ0v) is 14.3. The van der Waals surface area contributed by atoms with Gasteiger partial charge in [-0.1, -0.05) is 27.7 Å². The topological polar surface area (TPSA) is 37.3 Å². The Kier molecular flexibility index (Phi) is 5.29. The highest BCUT2D eigenvalue weighted by Gasteiger charge is 2.09. The number of benzene rings is 2. The standard InChI is InChI=1S/C14H10BrIO2S/c15-10-1-4-12(5-2-10)19-13-6-3-11(16)7-9(13)8-14(17)18/h1-7H,8H2,(H,17,18). The number of halogens is 2. The molecule has 0 unspecified atom stereocenters. The van der Waals surface area contributed by atoms with Gasteiger partial charge in [0.25, 0.3) is 0 Å². The molecule has 2 aromatic carbocycles. The molecule has 98 valence electrons. The Labute approximate surface area is 137 Å². The Bertz CT molecular complexity index is 599. The van der Waals surface area contributed by atoms with Crippen molar-refractivity contribution in [2.24, 2.45) is 0 Å². The van der Waals surface area contributed by atoms with E-state index in [0.717, 1.165) is 23.4 Å². The van der Waals surface area contributed by atoms with Gasteiger partial charge in [-0.3, -0.25) is 4.79 Å². The van der Waals surface area contributed by atoms with Crippen LogP contribution in [0.2, 0.25) is 0 Å². The van der Waals surface area contributed by atoms with Crippen molar-refractivity contribution in [1.82, 2.24) is 0 Å². The SMILES string of the molecule is O=C(O)Cc1cc(I)ccc1Sc1ccc(Br)cc1. The molecule has 0 atom stereocenters. The van der Waals surface area contributed by atoms with Crippen molar-refractivity contribution in [2.45, 2.75) is 16.2 Å². The highest BCUT2D eigenvalue weighted by molar-refractivity contribution is 14.1. The largest absolute Gasteiger partial charge is 0.481 e.